The molecule has 0 aromatic rings. The van der Waals surface area contributed by atoms with Gasteiger partial charge in [-0.15, -0.1) is 0 Å². The van der Waals surface area contributed by atoms with Crippen molar-refractivity contribution in [2.45, 2.75) is 126 Å². The van der Waals surface area contributed by atoms with E-state index in [1.807, 2.05) is 6.92 Å². The first kappa shape index (κ1) is 28.6. The largest absolute Gasteiger partial charge is 0.462 e. The summed E-state index contributed by atoms with van der Waals surface area (Å²) in [7, 11) is 1.56. The normalized spacial score (nSPS) is 56.2. The first-order valence-corrected chi connectivity index (χ1v) is 15.7. The molecule has 14 atom stereocenters. The van der Waals surface area contributed by atoms with Gasteiger partial charge in [0.25, 0.3) is 0 Å². The van der Waals surface area contributed by atoms with Gasteiger partial charge in [0, 0.05) is 50.2 Å². The third kappa shape index (κ3) is 3.50. The quantitative estimate of drug-likeness (QED) is 0.279. The molecule has 0 aromatic carbocycles. The van der Waals surface area contributed by atoms with Gasteiger partial charge in [-0.1, -0.05) is 25.5 Å². The summed E-state index contributed by atoms with van der Waals surface area (Å²) in [6, 6.07) is 0. The zero-order chi connectivity index (χ0) is 30.3. The molecule has 4 aliphatic carbocycles. The molecule has 8 aliphatic rings. The van der Waals surface area contributed by atoms with Crippen LogP contribution in [0.1, 0.15) is 66.2 Å². The van der Waals surface area contributed by atoms with Gasteiger partial charge in [-0.25, -0.2) is 4.79 Å². The van der Waals surface area contributed by atoms with Crippen LogP contribution >= 0.6 is 0 Å². The number of cyclic esters (lactones) is 1. The van der Waals surface area contributed by atoms with Crippen molar-refractivity contribution in [1.29, 1.82) is 0 Å². The van der Waals surface area contributed by atoms with Crippen molar-refractivity contribution in [2.24, 2.45) is 22.7 Å². The first-order chi connectivity index (χ1) is 20.3. The number of rotatable bonds is 3. The van der Waals surface area contributed by atoms with Crippen LogP contribution < -0.4 is 0 Å². The van der Waals surface area contributed by atoms with Crippen LogP contribution in [0.3, 0.4) is 0 Å². The molecule has 0 amide bonds. The van der Waals surface area contributed by atoms with E-state index in [9.17, 15) is 19.8 Å². The maximum Gasteiger partial charge on any atom is 0.331 e. The zero-order valence-electron chi connectivity index (χ0n) is 25.4. The van der Waals surface area contributed by atoms with Crippen LogP contribution in [-0.2, 0) is 42.7 Å². The van der Waals surface area contributed by atoms with Crippen molar-refractivity contribution in [3.63, 3.8) is 0 Å². The summed E-state index contributed by atoms with van der Waals surface area (Å²) >= 11 is 0. The molecule has 0 aromatic heterocycles. The van der Waals surface area contributed by atoms with Gasteiger partial charge < -0.3 is 43.4 Å². The van der Waals surface area contributed by atoms with E-state index in [4.69, 9.17) is 33.2 Å². The maximum absolute atomic E-state index is 13.0. The Balaban J connectivity index is 1.15. The molecule has 4 heterocycles. The van der Waals surface area contributed by atoms with Gasteiger partial charge in [0.15, 0.2) is 0 Å². The van der Waals surface area contributed by atoms with Crippen molar-refractivity contribution in [2.75, 3.05) is 13.7 Å². The highest BCUT2D eigenvalue weighted by molar-refractivity contribution is 5.85. The molecule has 0 radical (unpaired) electrons. The van der Waals surface area contributed by atoms with Crippen molar-refractivity contribution in [1.82, 2.24) is 0 Å². The highest BCUT2D eigenvalue weighted by Gasteiger charge is 2.86. The number of aliphatic hydroxyl groups is 2. The van der Waals surface area contributed by atoms with E-state index in [0.29, 0.717) is 25.7 Å². The van der Waals surface area contributed by atoms with E-state index in [-0.39, 0.29) is 37.1 Å². The van der Waals surface area contributed by atoms with Crippen molar-refractivity contribution >= 4 is 11.9 Å². The molecule has 3 saturated carbocycles. The second kappa shape index (κ2) is 8.90. The lowest BCUT2D eigenvalue weighted by atomic mass is 9.44. The summed E-state index contributed by atoms with van der Waals surface area (Å²) in [6.45, 7) is 7.72. The Morgan fingerprint density at radius 1 is 1.14 bits per heavy atom. The molecule has 1 spiro atoms. The van der Waals surface area contributed by atoms with Gasteiger partial charge in [-0.2, -0.15) is 0 Å². The Morgan fingerprint density at radius 2 is 1.93 bits per heavy atom. The van der Waals surface area contributed by atoms with Crippen LogP contribution in [-0.4, -0.2) is 95.8 Å². The molecule has 0 bridgehead atoms. The van der Waals surface area contributed by atoms with E-state index in [1.165, 1.54) is 18.6 Å². The molecule has 2 N–H and O–H groups in total. The lowest BCUT2D eigenvalue weighted by molar-refractivity contribution is -0.450. The number of fused-ring (bicyclic) bond motifs is 5. The molecular weight excluding hydrogens is 560 g/mol. The summed E-state index contributed by atoms with van der Waals surface area (Å²) < 4.78 is 42.3. The third-order valence-corrected chi connectivity index (χ3v) is 12.6. The van der Waals surface area contributed by atoms with Gasteiger partial charge in [0.1, 0.15) is 36.1 Å². The molecule has 3 saturated heterocycles. The summed E-state index contributed by atoms with van der Waals surface area (Å²) in [5.41, 5.74) is -1.28. The lowest BCUT2D eigenvalue weighted by Gasteiger charge is -2.61. The third-order valence-electron chi connectivity index (χ3n) is 12.6. The monoisotopic (exact) mass is 602 g/mol. The predicted molar refractivity (Wildman–Crippen MR) is 146 cm³/mol. The smallest absolute Gasteiger partial charge is 0.331 e. The van der Waals surface area contributed by atoms with E-state index in [2.05, 4.69) is 19.9 Å². The van der Waals surface area contributed by atoms with E-state index >= 15 is 0 Å². The molecule has 43 heavy (non-hydrogen) atoms. The second-order valence-corrected chi connectivity index (χ2v) is 14.7. The van der Waals surface area contributed by atoms with Crippen LogP contribution in [0.2, 0.25) is 0 Å². The van der Waals surface area contributed by atoms with Crippen LogP contribution in [0, 0.1) is 22.7 Å². The average Bonchev–Trinajstić information content (AvgIpc) is 3.41. The van der Waals surface area contributed by atoms with Crippen LogP contribution in [0.4, 0.5) is 0 Å². The topological polar surface area (TPSA) is 143 Å². The predicted octanol–water partition coefficient (Wildman–Crippen LogP) is 2.07. The Labute approximate surface area is 250 Å². The van der Waals surface area contributed by atoms with Crippen molar-refractivity contribution in [3.8, 4) is 0 Å². The van der Waals surface area contributed by atoms with E-state index < -0.39 is 70.5 Å². The summed E-state index contributed by atoms with van der Waals surface area (Å²) in [4.78, 5) is 24.4. The minimum atomic E-state index is -1.73. The molecule has 1 unspecified atom stereocenters. The number of carbonyl (C=O) groups is 2. The number of esters is 2. The highest BCUT2D eigenvalue weighted by atomic mass is 16.8. The van der Waals surface area contributed by atoms with E-state index in [1.54, 1.807) is 7.11 Å². The summed E-state index contributed by atoms with van der Waals surface area (Å²) in [6.07, 6.45) is 3.60. The number of hydrogen-bond donors (Lipinski definition) is 2. The van der Waals surface area contributed by atoms with Gasteiger partial charge in [-0.3, -0.25) is 4.79 Å². The van der Waals surface area contributed by atoms with Crippen molar-refractivity contribution < 1.29 is 53.0 Å². The fourth-order valence-corrected chi connectivity index (χ4v) is 10.8. The zero-order valence-corrected chi connectivity index (χ0v) is 25.4. The highest BCUT2D eigenvalue weighted by Crippen LogP contribution is 2.77. The maximum atomic E-state index is 13.0. The number of ether oxygens (including phenoxy) is 7. The Bertz CT molecular complexity index is 1330. The van der Waals surface area contributed by atoms with Gasteiger partial charge in [0.2, 0.25) is 12.1 Å². The van der Waals surface area contributed by atoms with E-state index in [0.717, 1.165) is 12.0 Å². The van der Waals surface area contributed by atoms with Gasteiger partial charge in [-0.05, 0) is 43.6 Å². The first-order valence-electron chi connectivity index (χ1n) is 15.7. The van der Waals surface area contributed by atoms with Gasteiger partial charge in [0.05, 0.1) is 18.3 Å². The molecule has 6 fully saturated rings. The number of hydrogen-bond acceptors (Lipinski definition) is 11. The Morgan fingerprint density at radius 3 is 2.63 bits per heavy atom. The minimum absolute atomic E-state index is 0.0481. The van der Waals surface area contributed by atoms with Gasteiger partial charge >= 0.3 is 11.9 Å². The van der Waals surface area contributed by atoms with Crippen LogP contribution in [0.15, 0.2) is 23.3 Å². The van der Waals surface area contributed by atoms with Crippen LogP contribution in [0.25, 0.3) is 0 Å². The standard InChI is InChI=1S/C32H42O11/c1-15-8-24(37-5)32(36)27(39-15)41-19-10-18-11-23-31(43-23)22(28(18,3)12-20(19)42-32)6-7-29(4)26(17-9-25(34)38-14-17)21(40-16(2)33)13-30(29,31)35/h9-10,15,19-24,26-27,35-36H,6-8,11-14H2,1-5H3/t15-,19-,20-,21-,22?,23+,24-,26+,27+,28+,29-,30-,31-,32+/m1/s1. The van der Waals surface area contributed by atoms with Crippen LogP contribution in [0.5, 0.6) is 0 Å². The van der Waals surface area contributed by atoms with Crippen molar-refractivity contribution in [3.05, 3.63) is 23.3 Å². The SMILES string of the molecule is CO[C@@H]1C[C@@H](C)O[C@H]2O[C@@H]3C=C4C[C@@H]5O[C@]56C(CC[C@]5(C)[C@@H](C7=CC(=O)OC7)[C@H](OC(C)=O)C[C@]65O)[C@@]4(C)C[C@H]3O[C@]21O. The average molecular weight is 603 g/mol. The molecule has 11 nitrogen and oxygen atoms in total. The fourth-order valence-electron chi connectivity index (χ4n) is 10.8. The fraction of sp³-hybridized carbons (Fsp3) is 0.812. The summed E-state index contributed by atoms with van der Waals surface area (Å²) in [5.74, 6) is -2.98. The minimum Gasteiger partial charge on any atom is -0.462 e. The molecule has 236 valence electrons. The lowest BCUT2D eigenvalue weighted by Crippen LogP contribution is -2.70. The molecule has 11 heteroatoms. The Hall–Kier alpha value is -1.86. The summed E-state index contributed by atoms with van der Waals surface area (Å²) in [5, 5.41) is 24.6. The second-order valence-electron chi connectivity index (χ2n) is 14.7. The number of epoxide rings is 1. The number of methoxy groups -OCH3 is 1. The molecular formula is C32H42O11. The molecule has 8 rings (SSSR count). The molecule has 4 aliphatic heterocycles. The Kier molecular flexibility index (Phi) is 5.92. The number of carbonyl (C=O) groups excluding carboxylic acids is 2.